The zero-order chi connectivity index (χ0) is 7.82. The number of carbonyl (C=O) groups is 1. The van der Waals surface area contributed by atoms with Crippen LogP contribution in [0.2, 0.25) is 0 Å². The van der Waals surface area contributed by atoms with Crippen LogP contribution in [0.25, 0.3) is 0 Å². The van der Waals surface area contributed by atoms with Crippen molar-refractivity contribution in [3.05, 3.63) is 18.7 Å². The summed E-state index contributed by atoms with van der Waals surface area (Å²) in [6, 6.07) is 0. The molecule has 1 radical (unpaired) electrons. The molecule has 0 bridgehead atoms. The molecule has 0 aliphatic rings. The van der Waals surface area contributed by atoms with Gasteiger partial charge in [-0.25, -0.2) is 0 Å². The first kappa shape index (κ1) is 9.21. The fraction of sp³-hybridized carbons (Fsp3) is 0.500. The molecule has 0 saturated heterocycles. The maximum Gasteiger partial charge on any atom is 0.243 e. The molecule has 0 aliphatic heterocycles. The van der Waals surface area contributed by atoms with E-state index >= 15 is 0 Å². The van der Waals surface area contributed by atoms with E-state index in [0.29, 0.717) is 0 Å². The zero-order valence-electron chi connectivity index (χ0n) is 6.55. The predicted molar refractivity (Wildman–Crippen MR) is 42.2 cm³/mol. The molecule has 2 heteroatoms. The van der Waals surface area contributed by atoms with Gasteiger partial charge in [0.2, 0.25) is 5.91 Å². The van der Waals surface area contributed by atoms with E-state index in [1.165, 1.54) is 0 Å². The largest absolute Gasteiger partial charge is 0.348 e. The Morgan fingerprint density at radius 1 is 1.40 bits per heavy atom. The fourth-order valence-corrected chi connectivity index (χ4v) is 0.476. The van der Waals surface area contributed by atoms with E-state index in [0.717, 1.165) is 12.8 Å². The number of hydrogen-bond donors (Lipinski definition) is 1. The molecule has 57 valence electrons. The van der Waals surface area contributed by atoms with Crippen molar-refractivity contribution < 1.29 is 4.79 Å². The molecule has 1 amide bonds. The van der Waals surface area contributed by atoms with Gasteiger partial charge in [0.1, 0.15) is 0 Å². The monoisotopic (exact) mass is 140 g/mol. The van der Waals surface area contributed by atoms with Crippen LogP contribution < -0.4 is 5.32 Å². The summed E-state index contributed by atoms with van der Waals surface area (Å²) in [5.74, 6) is -0.0382. The summed E-state index contributed by atoms with van der Waals surface area (Å²) in [6.45, 7) is 5.71. The summed E-state index contributed by atoms with van der Waals surface area (Å²) in [7, 11) is 0. The molecule has 0 aromatic heterocycles. The SMILES string of the molecule is CC[CH]NC(=O)C=CCC. The highest BCUT2D eigenvalue weighted by Crippen LogP contribution is 1.82. The van der Waals surface area contributed by atoms with Crippen LogP contribution in [0.3, 0.4) is 0 Å². The summed E-state index contributed by atoms with van der Waals surface area (Å²) < 4.78 is 0. The van der Waals surface area contributed by atoms with Gasteiger partial charge in [-0.1, -0.05) is 19.9 Å². The van der Waals surface area contributed by atoms with Crippen LogP contribution >= 0.6 is 0 Å². The zero-order valence-corrected chi connectivity index (χ0v) is 6.55. The Morgan fingerprint density at radius 2 is 2.10 bits per heavy atom. The summed E-state index contributed by atoms with van der Waals surface area (Å²) in [5, 5.41) is 2.62. The second-order valence-corrected chi connectivity index (χ2v) is 1.93. The van der Waals surface area contributed by atoms with Gasteiger partial charge in [-0.2, -0.15) is 0 Å². The molecular weight excluding hydrogens is 126 g/mol. The minimum absolute atomic E-state index is 0.0382. The van der Waals surface area contributed by atoms with Gasteiger partial charge in [-0.3, -0.25) is 4.79 Å². The number of carbonyl (C=O) groups excluding carboxylic acids is 1. The molecule has 0 rings (SSSR count). The Hall–Kier alpha value is -0.790. The molecule has 0 aliphatic carbocycles. The van der Waals surface area contributed by atoms with Crippen molar-refractivity contribution in [1.29, 1.82) is 0 Å². The van der Waals surface area contributed by atoms with Gasteiger partial charge in [0, 0.05) is 6.54 Å². The Bertz CT molecular complexity index is 118. The van der Waals surface area contributed by atoms with Crippen molar-refractivity contribution in [2.75, 3.05) is 0 Å². The van der Waals surface area contributed by atoms with Gasteiger partial charge >= 0.3 is 0 Å². The summed E-state index contributed by atoms with van der Waals surface area (Å²) in [6.07, 6.45) is 5.15. The van der Waals surface area contributed by atoms with Crippen molar-refractivity contribution in [3.63, 3.8) is 0 Å². The lowest BCUT2D eigenvalue weighted by molar-refractivity contribution is -0.116. The Balaban J connectivity index is 3.34. The molecule has 0 atom stereocenters. The Labute approximate surface area is 62.3 Å². The van der Waals surface area contributed by atoms with Crippen molar-refractivity contribution in [2.24, 2.45) is 0 Å². The Morgan fingerprint density at radius 3 is 2.60 bits per heavy atom. The molecule has 2 nitrogen and oxygen atoms in total. The van der Waals surface area contributed by atoms with Crippen LogP contribution in [-0.4, -0.2) is 5.91 Å². The maximum atomic E-state index is 10.7. The minimum atomic E-state index is -0.0382. The smallest absolute Gasteiger partial charge is 0.243 e. The van der Waals surface area contributed by atoms with Gasteiger partial charge in [-0.15, -0.1) is 0 Å². The van der Waals surface area contributed by atoms with Crippen molar-refractivity contribution >= 4 is 5.91 Å². The normalized spacial score (nSPS) is 10.2. The summed E-state index contributed by atoms with van der Waals surface area (Å²) in [4.78, 5) is 10.7. The quantitative estimate of drug-likeness (QED) is 0.591. The summed E-state index contributed by atoms with van der Waals surface area (Å²) in [5.41, 5.74) is 0. The lowest BCUT2D eigenvalue weighted by Gasteiger charge is -1.95. The van der Waals surface area contributed by atoms with Crippen molar-refractivity contribution in [1.82, 2.24) is 5.32 Å². The van der Waals surface area contributed by atoms with Crippen LogP contribution in [-0.2, 0) is 4.79 Å². The van der Waals surface area contributed by atoms with Crippen LogP contribution in [0.4, 0.5) is 0 Å². The van der Waals surface area contributed by atoms with E-state index in [4.69, 9.17) is 0 Å². The standard InChI is InChI=1S/C8H14NO/c1-3-5-6-8(10)9-7-4-2/h5-7H,3-4H2,1-2H3,(H,9,10). The first-order chi connectivity index (χ1) is 4.81. The molecule has 0 saturated carbocycles. The van der Waals surface area contributed by atoms with Gasteiger partial charge in [0.15, 0.2) is 0 Å². The van der Waals surface area contributed by atoms with Crippen LogP contribution in [0, 0.1) is 6.54 Å². The highest BCUT2D eigenvalue weighted by Gasteiger charge is 1.89. The van der Waals surface area contributed by atoms with Gasteiger partial charge < -0.3 is 5.32 Å². The fourth-order valence-electron chi connectivity index (χ4n) is 0.476. The summed E-state index contributed by atoms with van der Waals surface area (Å²) >= 11 is 0. The van der Waals surface area contributed by atoms with E-state index in [2.05, 4.69) is 5.32 Å². The number of hydrogen-bond acceptors (Lipinski definition) is 1. The average molecular weight is 140 g/mol. The molecule has 10 heavy (non-hydrogen) atoms. The number of rotatable bonds is 4. The Kier molecular flexibility index (Phi) is 5.83. The molecular formula is C8H14NO. The predicted octanol–water partition coefficient (Wildman–Crippen LogP) is 1.64. The van der Waals surface area contributed by atoms with E-state index < -0.39 is 0 Å². The lowest BCUT2D eigenvalue weighted by Crippen LogP contribution is -2.16. The van der Waals surface area contributed by atoms with Gasteiger partial charge in [0.25, 0.3) is 0 Å². The third-order valence-corrected chi connectivity index (χ3v) is 0.953. The van der Waals surface area contributed by atoms with E-state index in [1.807, 2.05) is 19.9 Å². The number of allylic oxidation sites excluding steroid dienone is 1. The van der Waals surface area contributed by atoms with E-state index in [-0.39, 0.29) is 5.91 Å². The van der Waals surface area contributed by atoms with Crippen LogP contribution in [0.5, 0.6) is 0 Å². The van der Waals surface area contributed by atoms with Gasteiger partial charge in [-0.05, 0) is 18.9 Å². The number of nitrogens with one attached hydrogen (secondary N) is 1. The van der Waals surface area contributed by atoms with E-state index in [1.54, 1.807) is 12.6 Å². The highest BCUT2D eigenvalue weighted by molar-refractivity contribution is 5.87. The maximum absolute atomic E-state index is 10.7. The molecule has 0 fully saturated rings. The first-order valence-corrected chi connectivity index (χ1v) is 3.60. The van der Waals surface area contributed by atoms with Crippen molar-refractivity contribution in [3.8, 4) is 0 Å². The first-order valence-electron chi connectivity index (χ1n) is 3.60. The topological polar surface area (TPSA) is 29.1 Å². The third-order valence-electron chi connectivity index (χ3n) is 0.953. The van der Waals surface area contributed by atoms with Crippen LogP contribution in [0.1, 0.15) is 26.7 Å². The average Bonchev–Trinajstić information content (AvgIpc) is 1.97. The molecule has 1 N–H and O–H groups in total. The van der Waals surface area contributed by atoms with Crippen molar-refractivity contribution in [2.45, 2.75) is 26.7 Å². The molecule has 0 aromatic carbocycles. The van der Waals surface area contributed by atoms with Gasteiger partial charge in [0.05, 0.1) is 0 Å². The molecule has 0 heterocycles. The number of amides is 1. The molecule has 0 unspecified atom stereocenters. The lowest BCUT2D eigenvalue weighted by atomic mass is 10.4. The minimum Gasteiger partial charge on any atom is -0.348 e. The second kappa shape index (κ2) is 6.33. The molecule has 0 spiro atoms. The van der Waals surface area contributed by atoms with Crippen LogP contribution in [0.15, 0.2) is 12.2 Å². The molecule has 0 aromatic rings. The third kappa shape index (κ3) is 5.35. The van der Waals surface area contributed by atoms with E-state index in [9.17, 15) is 4.79 Å². The highest BCUT2D eigenvalue weighted by atomic mass is 16.1. The second-order valence-electron chi connectivity index (χ2n) is 1.93.